The number of rotatable bonds is 5. The summed E-state index contributed by atoms with van der Waals surface area (Å²) in [6.45, 7) is 4.98. The van der Waals surface area contributed by atoms with Crippen molar-refractivity contribution in [2.45, 2.75) is 25.8 Å². The number of esters is 1. The number of carbonyl (C=O) groups excluding carboxylic acids is 1. The lowest BCUT2D eigenvalue weighted by molar-refractivity contribution is -0.142. The number of nitrogens with one attached hydrogen (secondary N) is 1. The molecular weight excluding hydrogens is 246 g/mol. The molecule has 1 atom stereocenters. The van der Waals surface area contributed by atoms with E-state index in [1.807, 2.05) is 32.0 Å². The third-order valence-corrected chi connectivity index (χ3v) is 3.30. The van der Waals surface area contributed by atoms with Crippen LogP contribution in [-0.2, 0) is 15.1 Å². The number of hydrogen-bond acceptors (Lipinski definition) is 5. The molecule has 0 radical (unpaired) electrons. The smallest absolute Gasteiger partial charge is 0.307 e. The predicted octanol–water partition coefficient (Wildman–Crippen LogP) is 1.80. The van der Waals surface area contributed by atoms with Crippen LogP contribution >= 0.6 is 0 Å². The topological polar surface area (TPSA) is 56.8 Å². The Bertz CT molecular complexity index is 475. The molecule has 1 aliphatic heterocycles. The SMILES string of the molecule is CCNC(C)(CC(=O)OC)c1ccc2c(c1)OCO2. The molecule has 0 saturated heterocycles. The van der Waals surface area contributed by atoms with Crippen LogP contribution in [0, 0.1) is 0 Å². The van der Waals surface area contributed by atoms with Crippen molar-refractivity contribution < 1.29 is 19.0 Å². The lowest BCUT2D eigenvalue weighted by atomic mass is 9.88. The van der Waals surface area contributed by atoms with Gasteiger partial charge in [-0.2, -0.15) is 0 Å². The van der Waals surface area contributed by atoms with Crippen LogP contribution in [0.2, 0.25) is 0 Å². The van der Waals surface area contributed by atoms with Gasteiger partial charge in [-0.05, 0) is 31.2 Å². The van der Waals surface area contributed by atoms with E-state index >= 15 is 0 Å². The van der Waals surface area contributed by atoms with Crippen LogP contribution < -0.4 is 14.8 Å². The highest BCUT2D eigenvalue weighted by Gasteiger charge is 2.30. The molecule has 0 bridgehead atoms. The molecule has 0 fully saturated rings. The Balaban J connectivity index is 2.30. The quantitative estimate of drug-likeness (QED) is 0.823. The van der Waals surface area contributed by atoms with Crippen molar-refractivity contribution in [3.63, 3.8) is 0 Å². The van der Waals surface area contributed by atoms with Gasteiger partial charge in [0.05, 0.1) is 19.1 Å². The molecule has 1 unspecified atom stereocenters. The predicted molar refractivity (Wildman–Crippen MR) is 70.2 cm³/mol. The van der Waals surface area contributed by atoms with E-state index in [0.29, 0.717) is 5.75 Å². The maximum atomic E-state index is 11.6. The van der Waals surface area contributed by atoms with Crippen molar-refractivity contribution in [2.24, 2.45) is 0 Å². The molecule has 5 heteroatoms. The lowest BCUT2D eigenvalue weighted by Crippen LogP contribution is -2.41. The van der Waals surface area contributed by atoms with Crippen molar-refractivity contribution in [1.29, 1.82) is 0 Å². The van der Waals surface area contributed by atoms with E-state index in [9.17, 15) is 4.79 Å². The highest BCUT2D eigenvalue weighted by molar-refractivity contribution is 5.71. The number of carbonyl (C=O) groups is 1. The van der Waals surface area contributed by atoms with Crippen molar-refractivity contribution in [1.82, 2.24) is 5.32 Å². The first kappa shape index (κ1) is 13.7. The average molecular weight is 265 g/mol. The molecule has 0 spiro atoms. The summed E-state index contributed by atoms with van der Waals surface area (Å²) in [4.78, 5) is 11.6. The number of methoxy groups -OCH3 is 1. The fourth-order valence-electron chi connectivity index (χ4n) is 2.26. The van der Waals surface area contributed by atoms with Crippen LogP contribution in [0.5, 0.6) is 11.5 Å². The van der Waals surface area contributed by atoms with Gasteiger partial charge in [0.15, 0.2) is 11.5 Å². The first-order valence-corrected chi connectivity index (χ1v) is 6.31. The zero-order chi connectivity index (χ0) is 13.9. The molecule has 0 amide bonds. The van der Waals surface area contributed by atoms with Gasteiger partial charge in [-0.3, -0.25) is 4.79 Å². The summed E-state index contributed by atoms with van der Waals surface area (Å²) in [7, 11) is 1.40. The molecule has 0 aromatic heterocycles. The molecular formula is C14H19NO4. The summed E-state index contributed by atoms with van der Waals surface area (Å²) < 4.78 is 15.4. The monoisotopic (exact) mass is 265 g/mol. The lowest BCUT2D eigenvalue weighted by Gasteiger charge is -2.30. The third-order valence-electron chi connectivity index (χ3n) is 3.30. The van der Waals surface area contributed by atoms with Gasteiger partial charge in [-0.15, -0.1) is 0 Å². The standard InChI is InChI=1S/C14H19NO4/c1-4-15-14(2,8-13(16)17-3)10-5-6-11-12(7-10)19-9-18-11/h5-7,15H,4,8-9H2,1-3H3. The van der Waals surface area contributed by atoms with Crippen molar-refractivity contribution in [3.05, 3.63) is 23.8 Å². The van der Waals surface area contributed by atoms with Crippen LogP contribution in [0.3, 0.4) is 0 Å². The number of benzene rings is 1. The number of ether oxygens (including phenoxy) is 3. The van der Waals surface area contributed by atoms with Crippen molar-refractivity contribution >= 4 is 5.97 Å². The Kier molecular flexibility index (Phi) is 3.95. The van der Waals surface area contributed by atoms with Crippen LogP contribution in [0.4, 0.5) is 0 Å². The molecule has 1 aliphatic rings. The van der Waals surface area contributed by atoms with Gasteiger partial charge in [0.1, 0.15) is 0 Å². The third kappa shape index (κ3) is 2.81. The van der Waals surface area contributed by atoms with Crippen LogP contribution in [0.25, 0.3) is 0 Å². The minimum Gasteiger partial charge on any atom is -0.469 e. The first-order chi connectivity index (χ1) is 9.09. The Hall–Kier alpha value is -1.75. The van der Waals surface area contributed by atoms with E-state index in [1.165, 1.54) is 7.11 Å². The van der Waals surface area contributed by atoms with Crippen LogP contribution in [-0.4, -0.2) is 26.4 Å². The zero-order valence-electron chi connectivity index (χ0n) is 11.5. The average Bonchev–Trinajstić information content (AvgIpc) is 2.85. The molecule has 0 saturated carbocycles. The van der Waals surface area contributed by atoms with Gasteiger partial charge in [0.25, 0.3) is 0 Å². The fourth-order valence-corrected chi connectivity index (χ4v) is 2.26. The Morgan fingerprint density at radius 3 is 2.84 bits per heavy atom. The fraction of sp³-hybridized carbons (Fsp3) is 0.500. The van der Waals surface area contributed by atoms with E-state index in [4.69, 9.17) is 14.2 Å². The summed E-state index contributed by atoms with van der Waals surface area (Å²) in [5, 5.41) is 3.33. The van der Waals surface area contributed by atoms with Gasteiger partial charge in [-0.1, -0.05) is 13.0 Å². The molecule has 19 heavy (non-hydrogen) atoms. The highest BCUT2D eigenvalue weighted by Crippen LogP contribution is 2.36. The molecule has 1 N–H and O–H groups in total. The van der Waals surface area contributed by atoms with E-state index in [2.05, 4.69) is 5.32 Å². The molecule has 5 nitrogen and oxygen atoms in total. The van der Waals surface area contributed by atoms with Gasteiger partial charge < -0.3 is 19.5 Å². The second-order valence-corrected chi connectivity index (χ2v) is 4.68. The van der Waals surface area contributed by atoms with Gasteiger partial charge in [0.2, 0.25) is 6.79 Å². The second kappa shape index (κ2) is 5.48. The molecule has 1 aromatic carbocycles. The maximum absolute atomic E-state index is 11.6. The van der Waals surface area contributed by atoms with Crippen molar-refractivity contribution in [3.8, 4) is 11.5 Å². The minimum absolute atomic E-state index is 0.244. The summed E-state index contributed by atoms with van der Waals surface area (Å²) in [6, 6.07) is 5.72. The summed E-state index contributed by atoms with van der Waals surface area (Å²) in [6.07, 6.45) is 0.261. The summed E-state index contributed by atoms with van der Waals surface area (Å²) in [5.74, 6) is 1.20. The second-order valence-electron chi connectivity index (χ2n) is 4.68. The molecule has 104 valence electrons. The Labute approximate surface area is 112 Å². The number of fused-ring (bicyclic) bond motifs is 1. The van der Waals surface area contributed by atoms with Crippen molar-refractivity contribution in [2.75, 3.05) is 20.4 Å². The largest absolute Gasteiger partial charge is 0.469 e. The normalized spacial score (nSPS) is 15.9. The number of hydrogen-bond donors (Lipinski definition) is 1. The molecule has 1 aromatic rings. The van der Waals surface area contributed by atoms with Gasteiger partial charge >= 0.3 is 5.97 Å². The van der Waals surface area contributed by atoms with Crippen LogP contribution in [0.15, 0.2) is 18.2 Å². The first-order valence-electron chi connectivity index (χ1n) is 6.31. The molecule has 2 rings (SSSR count). The minimum atomic E-state index is -0.483. The molecule has 1 heterocycles. The van der Waals surface area contributed by atoms with E-state index < -0.39 is 5.54 Å². The Morgan fingerprint density at radius 2 is 2.16 bits per heavy atom. The van der Waals surface area contributed by atoms with Crippen LogP contribution in [0.1, 0.15) is 25.8 Å². The Morgan fingerprint density at radius 1 is 1.42 bits per heavy atom. The van der Waals surface area contributed by atoms with E-state index in [1.54, 1.807) is 0 Å². The van der Waals surface area contributed by atoms with E-state index in [-0.39, 0.29) is 19.2 Å². The molecule has 0 aliphatic carbocycles. The zero-order valence-corrected chi connectivity index (χ0v) is 11.5. The van der Waals surface area contributed by atoms with Gasteiger partial charge in [-0.25, -0.2) is 0 Å². The maximum Gasteiger partial charge on any atom is 0.307 e. The summed E-state index contributed by atoms with van der Waals surface area (Å²) in [5.41, 5.74) is 0.493. The van der Waals surface area contributed by atoms with E-state index in [0.717, 1.165) is 17.9 Å². The highest BCUT2D eigenvalue weighted by atomic mass is 16.7. The van der Waals surface area contributed by atoms with Gasteiger partial charge in [0, 0.05) is 0 Å². The summed E-state index contributed by atoms with van der Waals surface area (Å²) >= 11 is 0.